The van der Waals surface area contributed by atoms with Gasteiger partial charge < -0.3 is 15.0 Å². The number of nitrogens with zero attached hydrogens (tertiary/aromatic N) is 3. The average molecular weight is 279 g/mol. The van der Waals surface area contributed by atoms with Crippen molar-refractivity contribution in [2.75, 3.05) is 19.0 Å². The van der Waals surface area contributed by atoms with Gasteiger partial charge in [-0.3, -0.25) is 0 Å². The summed E-state index contributed by atoms with van der Waals surface area (Å²) in [7, 11) is 1.96. The van der Waals surface area contributed by atoms with Crippen LogP contribution in [-0.2, 0) is 18.3 Å². The summed E-state index contributed by atoms with van der Waals surface area (Å²) < 4.78 is 7.42. The van der Waals surface area contributed by atoms with Crippen LogP contribution in [0.4, 0.5) is 0 Å². The van der Waals surface area contributed by atoms with E-state index in [4.69, 9.17) is 10.5 Å². The van der Waals surface area contributed by atoms with Gasteiger partial charge in [0.25, 0.3) is 0 Å². The molecule has 2 rings (SSSR count). The van der Waals surface area contributed by atoms with E-state index in [0.29, 0.717) is 12.5 Å². The Morgan fingerprint density at radius 3 is 2.94 bits per heavy atom. The molecule has 1 aromatic heterocycles. The molecule has 0 aromatic carbocycles. The van der Waals surface area contributed by atoms with Crippen LogP contribution < -0.4 is 5.73 Å². The van der Waals surface area contributed by atoms with E-state index < -0.39 is 0 Å². The Kier molecular flexibility index (Phi) is 6.26. The van der Waals surface area contributed by atoms with Crippen LogP contribution >= 0.6 is 24.2 Å². The fourth-order valence-corrected chi connectivity index (χ4v) is 2.82. The van der Waals surface area contributed by atoms with Gasteiger partial charge in [0.2, 0.25) is 0 Å². The van der Waals surface area contributed by atoms with Gasteiger partial charge in [-0.15, -0.1) is 22.6 Å². The van der Waals surface area contributed by atoms with Crippen LogP contribution in [0.1, 0.15) is 18.7 Å². The van der Waals surface area contributed by atoms with Gasteiger partial charge in [-0.1, -0.05) is 11.8 Å². The molecule has 0 bridgehead atoms. The van der Waals surface area contributed by atoms with Gasteiger partial charge in [-0.2, -0.15) is 0 Å². The summed E-state index contributed by atoms with van der Waals surface area (Å²) in [5.41, 5.74) is 5.55. The average Bonchev–Trinajstić information content (AvgIpc) is 2.69. The summed E-state index contributed by atoms with van der Waals surface area (Å²) in [6.07, 6.45) is 2.44. The third kappa shape index (κ3) is 3.84. The molecular formula is C10H19ClN4OS. The van der Waals surface area contributed by atoms with E-state index in [1.165, 1.54) is 12.8 Å². The smallest absolute Gasteiger partial charge is 0.190 e. The number of ether oxygens (including phenoxy) is 1. The summed E-state index contributed by atoms with van der Waals surface area (Å²) in [4.78, 5) is 0. The lowest BCUT2D eigenvalue weighted by molar-refractivity contribution is 0.0632. The Morgan fingerprint density at radius 1 is 1.53 bits per heavy atom. The summed E-state index contributed by atoms with van der Waals surface area (Å²) in [6, 6.07) is 0. The van der Waals surface area contributed by atoms with Crippen molar-refractivity contribution in [1.29, 1.82) is 0 Å². The number of aromatic nitrogens is 3. The fourth-order valence-electron chi connectivity index (χ4n) is 1.78. The molecule has 7 heteroatoms. The highest BCUT2D eigenvalue weighted by molar-refractivity contribution is 7.99. The quantitative estimate of drug-likeness (QED) is 0.839. The van der Waals surface area contributed by atoms with Crippen molar-refractivity contribution in [2.24, 2.45) is 18.7 Å². The predicted molar refractivity (Wildman–Crippen MR) is 70.4 cm³/mol. The molecule has 17 heavy (non-hydrogen) atoms. The highest BCUT2D eigenvalue weighted by atomic mass is 35.5. The predicted octanol–water partition coefficient (Wildman–Crippen LogP) is 1.21. The zero-order chi connectivity index (χ0) is 11.4. The van der Waals surface area contributed by atoms with Crippen molar-refractivity contribution in [1.82, 2.24) is 14.8 Å². The normalized spacial score (nSPS) is 20.0. The highest BCUT2D eigenvalue weighted by Gasteiger charge is 2.16. The largest absolute Gasteiger partial charge is 0.381 e. The maximum absolute atomic E-state index is 5.55. The van der Waals surface area contributed by atoms with Gasteiger partial charge in [0.1, 0.15) is 5.82 Å². The second-order valence-corrected chi connectivity index (χ2v) is 5.04. The molecule has 98 valence electrons. The van der Waals surface area contributed by atoms with Gasteiger partial charge >= 0.3 is 0 Å². The molecule has 1 fully saturated rings. The molecule has 5 nitrogen and oxygen atoms in total. The minimum absolute atomic E-state index is 0. The molecule has 1 atom stereocenters. The second kappa shape index (κ2) is 7.20. The maximum Gasteiger partial charge on any atom is 0.190 e. The van der Waals surface area contributed by atoms with E-state index in [0.717, 1.165) is 29.9 Å². The van der Waals surface area contributed by atoms with Crippen molar-refractivity contribution >= 4 is 24.2 Å². The lowest BCUT2D eigenvalue weighted by Gasteiger charge is -2.21. The first kappa shape index (κ1) is 14.8. The first-order chi connectivity index (χ1) is 7.81. The van der Waals surface area contributed by atoms with E-state index >= 15 is 0 Å². The second-order valence-electron chi connectivity index (χ2n) is 4.06. The van der Waals surface area contributed by atoms with Gasteiger partial charge in [-0.05, 0) is 18.8 Å². The Morgan fingerprint density at radius 2 is 2.35 bits per heavy atom. The standard InChI is InChI=1S/C10H18N4OS.ClH/c1-14-9(5-11)12-13-10(14)16-7-8-3-2-4-15-6-8;/h8H,2-7,11H2,1H3;1H. The van der Waals surface area contributed by atoms with E-state index in [-0.39, 0.29) is 12.4 Å². The molecule has 1 saturated heterocycles. The third-order valence-corrected chi connectivity index (χ3v) is 4.06. The van der Waals surface area contributed by atoms with Crippen molar-refractivity contribution in [3.63, 3.8) is 0 Å². The van der Waals surface area contributed by atoms with Crippen LogP contribution in [0.15, 0.2) is 5.16 Å². The number of rotatable bonds is 4. The molecule has 1 unspecified atom stereocenters. The van der Waals surface area contributed by atoms with Crippen LogP contribution in [0.3, 0.4) is 0 Å². The zero-order valence-electron chi connectivity index (χ0n) is 9.96. The van der Waals surface area contributed by atoms with Crippen LogP contribution in [0.5, 0.6) is 0 Å². The number of nitrogens with two attached hydrogens (primary N) is 1. The third-order valence-electron chi connectivity index (χ3n) is 2.81. The lowest BCUT2D eigenvalue weighted by atomic mass is 10.1. The Balaban J connectivity index is 0.00000144. The van der Waals surface area contributed by atoms with Crippen molar-refractivity contribution in [3.05, 3.63) is 5.82 Å². The molecule has 2 N–H and O–H groups in total. The molecule has 0 spiro atoms. The van der Waals surface area contributed by atoms with E-state index in [1.54, 1.807) is 11.8 Å². The lowest BCUT2D eigenvalue weighted by Crippen LogP contribution is -2.19. The van der Waals surface area contributed by atoms with Crippen LogP contribution in [-0.4, -0.2) is 33.7 Å². The monoisotopic (exact) mass is 278 g/mol. The number of hydrogen-bond donors (Lipinski definition) is 1. The molecule has 0 radical (unpaired) electrons. The molecule has 0 amide bonds. The van der Waals surface area contributed by atoms with Gasteiger partial charge in [-0.25, -0.2) is 0 Å². The number of halogens is 1. The van der Waals surface area contributed by atoms with E-state index in [9.17, 15) is 0 Å². The molecule has 1 aromatic rings. The van der Waals surface area contributed by atoms with Crippen LogP contribution in [0.25, 0.3) is 0 Å². The van der Waals surface area contributed by atoms with Crippen LogP contribution in [0, 0.1) is 5.92 Å². The summed E-state index contributed by atoms with van der Waals surface area (Å²) in [5.74, 6) is 2.54. The Labute approximate surface area is 112 Å². The maximum atomic E-state index is 5.55. The number of thioether (sulfide) groups is 1. The summed E-state index contributed by atoms with van der Waals surface area (Å²) >= 11 is 1.74. The van der Waals surface area contributed by atoms with Gasteiger partial charge in [0.15, 0.2) is 5.16 Å². The SMILES string of the molecule is Cl.Cn1c(CN)nnc1SCC1CCCOC1. The van der Waals surface area contributed by atoms with E-state index in [2.05, 4.69) is 10.2 Å². The zero-order valence-corrected chi connectivity index (χ0v) is 11.6. The molecule has 0 saturated carbocycles. The first-order valence-corrected chi connectivity index (χ1v) is 6.58. The van der Waals surface area contributed by atoms with Gasteiger partial charge in [0.05, 0.1) is 13.2 Å². The Bertz CT molecular complexity index is 341. The van der Waals surface area contributed by atoms with Crippen LogP contribution in [0.2, 0.25) is 0 Å². The first-order valence-electron chi connectivity index (χ1n) is 5.60. The molecule has 1 aliphatic heterocycles. The summed E-state index contributed by atoms with van der Waals surface area (Å²) in [5, 5.41) is 9.11. The molecular weight excluding hydrogens is 260 g/mol. The molecule has 2 heterocycles. The van der Waals surface area contributed by atoms with Crippen molar-refractivity contribution < 1.29 is 4.74 Å². The topological polar surface area (TPSA) is 66.0 Å². The van der Waals surface area contributed by atoms with Crippen molar-refractivity contribution in [3.8, 4) is 0 Å². The molecule has 1 aliphatic rings. The minimum Gasteiger partial charge on any atom is -0.381 e. The summed E-state index contributed by atoms with van der Waals surface area (Å²) in [6.45, 7) is 2.24. The van der Waals surface area contributed by atoms with Crippen molar-refractivity contribution in [2.45, 2.75) is 24.5 Å². The van der Waals surface area contributed by atoms with Gasteiger partial charge in [0, 0.05) is 19.4 Å². The highest BCUT2D eigenvalue weighted by Crippen LogP contribution is 2.23. The number of hydrogen-bond acceptors (Lipinski definition) is 5. The minimum atomic E-state index is 0. The molecule has 0 aliphatic carbocycles. The Hall–Kier alpha value is -0.300. The van der Waals surface area contributed by atoms with E-state index in [1.807, 2.05) is 11.6 Å². The fraction of sp³-hybridized carbons (Fsp3) is 0.800.